The fraction of sp³-hybridized carbons (Fsp3) is 0.533. The molecule has 0 aliphatic carbocycles. The van der Waals surface area contributed by atoms with Gasteiger partial charge in [0.05, 0.1) is 17.4 Å². The molecule has 0 radical (unpaired) electrons. The van der Waals surface area contributed by atoms with Crippen molar-refractivity contribution in [2.24, 2.45) is 0 Å². The van der Waals surface area contributed by atoms with Crippen molar-refractivity contribution < 1.29 is 4.79 Å². The number of hydrogen-bond donors (Lipinski definition) is 2. The van der Waals surface area contributed by atoms with Crippen molar-refractivity contribution in [1.29, 1.82) is 0 Å². The van der Waals surface area contributed by atoms with Crippen LogP contribution in [0, 0.1) is 0 Å². The summed E-state index contributed by atoms with van der Waals surface area (Å²) in [5.74, 6) is -0.0684. The lowest BCUT2D eigenvalue weighted by atomic mass is 10.1. The van der Waals surface area contributed by atoms with Crippen molar-refractivity contribution in [3.63, 3.8) is 0 Å². The summed E-state index contributed by atoms with van der Waals surface area (Å²) in [5.41, 5.74) is 6.93. The number of benzene rings is 1. The van der Waals surface area contributed by atoms with E-state index in [9.17, 15) is 4.79 Å². The Morgan fingerprint density at radius 3 is 2.60 bits per heavy atom. The van der Waals surface area contributed by atoms with Crippen LogP contribution in [0.5, 0.6) is 0 Å². The average molecular weight is 298 g/mol. The number of nitrogen functional groups attached to an aromatic ring is 1. The van der Waals surface area contributed by atoms with Crippen LogP contribution in [0.25, 0.3) is 0 Å². The molecule has 0 heterocycles. The smallest absolute Gasteiger partial charge is 0.241 e. The van der Waals surface area contributed by atoms with Gasteiger partial charge in [0.2, 0.25) is 5.91 Å². The number of hydrogen-bond acceptors (Lipinski definition) is 3. The molecule has 0 spiro atoms. The van der Waals surface area contributed by atoms with Crippen molar-refractivity contribution in [2.45, 2.75) is 46.2 Å². The number of likely N-dealkylation sites (N-methyl/N-ethyl adjacent to an activating group) is 1. The number of amides is 1. The highest BCUT2D eigenvalue weighted by Crippen LogP contribution is 2.23. The predicted octanol–water partition coefficient (Wildman–Crippen LogP) is 3.37. The van der Waals surface area contributed by atoms with Crippen LogP contribution in [0.3, 0.4) is 0 Å². The van der Waals surface area contributed by atoms with Gasteiger partial charge in [0, 0.05) is 11.1 Å². The number of carbonyl (C=O) groups is 1. The molecule has 3 N–H and O–H groups in total. The second-order valence-corrected chi connectivity index (χ2v) is 5.42. The first kappa shape index (κ1) is 16.8. The highest BCUT2D eigenvalue weighted by atomic mass is 35.5. The van der Waals surface area contributed by atoms with Gasteiger partial charge in [-0.3, -0.25) is 9.69 Å². The van der Waals surface area contributed by atoms with Gasteiger partial charge in [-0.2, -0.15) is 0 Å². The fourth-order valence-electron chi connectivity index (χ4n) is 2.23. The first-order chi connectivity index (χ1) is 9.40. The molecule has 1 aromatic rings. The average Bonchev–Trinajstić information content (AvgIpc) is 2.43. The van der Waals surface area contributed by atoms with Gasteiger partial charge in [-0.1, -0.05) is 25.4 Å². The molecule has 1 aromatic carbocycles. The summed E-state index contributed by atoms with van der Waals surface area (Å²) in [6.07, 6.45) is 1.00. The van der Waals surface area contributed by atoms with Crippen LogP contribution in [-0.4, -0.2) is 29.4 Å². The number of halogens is 1. The highest BCUT2D eigenvalue weighted by molar-refractivity contribution is 6.31. The lowest BCUT2D eigenvalue weighted by Gasteiger charge is -2.32. The molecular formula is C15H24ClN3O. The quantitative estimate of drug-likeness (QED) is 0.792. The van der Waals surface area contributed by atoms with E-state index in [1.165, 1.54) is 0 Å². The molecular weight excluding hydrogens is 274 g/mol. The summed E-state index contributed by atoms with van der Waals surface area (Å²) >= 11 is 5.93. The van der Waals surface area contributed by atoms with Crippen molar-refractivity contribution in [3.05, 3.63) is 23.2 Å². The summed E-state index contributed by atoms with van der Waals surface area (Å²) in [7, 11) is 0. The molecule has 0 aliphatic rings. The molecule has 4 nitrogen and oxygen atoms in total. The molecule has 112 valence electrons. The highest BCUT2D eigenvalue weighted by Gasteiger charge is 2.23. The number of nitrogens with zero attached hydrogens (tertiary/aromatic N) is 1. The van der Waals surface area contributed by atoms with E-state index in [4.69, 9.17) is 17.3 Å². The van der Waals surface area contributed by atoms with Gasteiger partial charge < -0.3 is 11.1 Å². The Hall–Kier alpha value is -1.26. The Bertz CT molecular complexity index is 464. The van der Waals surface area contributed by atoms with Gasteiger partial charge in [-0.05, 0) is 45.0 Å². The van der Waals surface area contributed by atoms with Crippen molar-refractivity contribution in [1.82, 2.24) is 4.90 Å². The first-order valence-electron chi connectivity index (χ1n) is 7.02. The van der Waals surface area contributed by atoms with Gasteiger partial charge in [0.15, 0.2) is 0 Å². The first-order valence-corrected chi connectivity index (χ1v) is 7.40. The molecule has 2 atom stereocenters. The summed E-state index contributed by atoms with van der Waals surface area (Å²) < 4.78 is 0. The van der Waals surface area contributed by atoms with E-state index >= 15 is 0 Å². The molecule has 2 unspecified atom stereocenters. The lowest BCUT2D eigenvalue weighted by molar-refractivity contribution is -0.121. The number of carbonyl (C=O) groups excluding carboxylic acids is 1. The van der Waals surface area contributed by atoms with E-state index in [1.54, 1.807) is 18.2 Å². The molecule has 0 bridgehead atoms. The van der Waals surface area contributed by atoms with Crippen molar-refractivity contribution in [3.8, 4) is 0 Å². The van der Waals surface area contributed by atoms with Crippen LogP contribution < -0.4 is 11.1 Å². The van der Waals surface area contributed by atoms with E-state index < -0.39 is 0 Å². The van der Waals surface area contributed by atoms with Crippen LogP contribution in [0.1, 0.15) is 34.1 Å². The number of nitrogens with two attached hydrogens (primary N) is 1. The van der Waals surface area contributed by atoms with Crippen LogP contribution in [0.2, 0.25) is 5.02 Å². The minimum atomic E-state index is -0.215. The van der Waals surface area contributed by atoms with Gasteiger partial charge in [-0.25, -0.2) is 0 Å². The lowest BCUT2D eigenvalue weighted by Crippen LogP contribution is -2.46. The maximum Gasteiger partial charge on any atom is 0.241 e. The molecule has 1 amide bonds. The second-order valence-electron chi connectivity index (χ2n) is 4.98. The fourth-order valence-corrected chi connectivity index (χ4v) is 2.40. The van der Waals surface area contributed by atoms with Gasteiger partial charge in [0.25, 0.3) is 0 Å². The molecule has 0 aliphatic heterocycles. The Morgan fingerprint density at radius 1 is 1.40 bits per heavy atom. The van der Waals surface area contributed by atoms with Gasteiger partial charge in [0.1, 0.15) is 0 Å². The number of rotatable bonds is 6. The standard InChI is InChI=1S/C15H24ClN3O/c1-5-10(3)19(6-2)11(4)15(20)18-14-9-12(16)7-8-13(14)17/h7-11H,5-6,17H2,1-4H3,(H,18,20). The van der Waals surface area contributed by atoms with Crippen molar-refractivity contribution in [2.75, 3.05) is 17.6 Å². The molecule has 0 saturated heterocycles. The monoisotopic (exact) mass is 297 g/mol. The third-order valence-corrected chi connectivity index (χ3v) is 3.91. The third-order valence-electron chi connectivity index (χ3n) is 3.67. The zero-order valence-corrected chi connectivity index (χ0v) is 13.4. The largest absolute Gasteiger partial charge is 0.397 e. The molecule has 20 heavy (non-hydrogen) atoms. The normalized spacial score (nSPS) is 14.1. The Balaban J connectivity index is 2.81. The van der Waals surface area contributed by atoms with E-state index in [0.717, 1.165) is 13.0 Å². The molecule has 0 aromatic heterocycles. The van der Waals surface area contributed by atoms with Crippen LogP contribution in [-0.2, 0) is 4.79 Å². The van der Waals surface area contributed by atoms with E-state index in [-0.39, 0.29) is 11.9 Å². The van der Waals surface area contributed by atoms with E-state index in [0.29, 0.717) is 22.4 Å². The summed E-state index contributed by atoms with van der Waals surface area (Å²) in [4.78, 5) is 14.5. The SMILES string of the molecule is CCC(C)N(CC)C(C)C(=O)Nc1cc(Cl)ccc1N. The minimum absolute atomic E-state index is 0.0684. The maximum absolute atomic E-state index is 12.3. The Kier molecular flexibility index (Phi) is 6.30. The predicted molar refractivity (Wildman–Crippen MR) is 86.1 cm³/mol. The number of anilines is 2. The topological polar surface area (TPSA) is 58.4 Å². The van der Waals surface area contributed by atoms with Gasteiger partial charge in [-0.15, -0.1) is 0 Å². The zero-order chi connectivity index (χ0) is 15.3. The summed E-state index contributed by atoms with van der Waals surface area (Å²) in [6, 6.07) is 5.20. The zero-order valence-electron chi connectivity index (χ0n) is 12.6. The Morgan fingerprint density at radius 2 is 2.05 bits per heavy atom. The summed E-state index contributed by atoms with van der Waals surface area (Å²) in [5, 5.41) is 3.41. The van der Waals surface area contributed by atoms with Crippen LogP contribution in [0.4, 0.5) is 11.4 Å². The second kappa shape index (κ2) is 7.50. The van der Waals surface area contributed by atoms with E-state index in [2.05, 4.69) is 31.0 Å². The van der Waals surface area contributed by atoms with E-state index in [1.807, 2.05) is 6.92 Å². The van der Waals surface area contributed by atoms with Crippen LogP contribution >= 0.6 is 11.6 Å². The maximum atomic E-state index is 12.3. The van der Waals surface area contributed by atoms with Crippen molar-refractivity contribution >= 4 is 28.9 Å². The third kappa shape index (κ3) is 4.12. The molecule has 1 rings (SSSR count). The Labute approximate surface area is 126 Å². The molecule has 0 saturated carbocycles. The summed E-state index contributed by atoms with van der Waals surface area (Å²) in [6.45, 7) is 9.04. The number of nitrogens with one attached hydrogen (secondary N) is 1. The molecule has 0 fully saturated rings. The van der Waals surface area contributed by atoms with Crippen LogP contribution in [0.15, 0.2) is 18.2 Å². The minimum Gasteiger partial charge on any atom is -0.397 e. The molecule has 5 heteroatoms. The van der Waals surface area contributed by atoms with Gasteiger partial charge >= 0.3 is 0 Å².